The van der Waals surface area contributed by atoms with Crippen molar-refractivity contribution in [2.45, 2.75) is 254 Å². The number of rotatable bonds is 62. The monoisotopic (exact) mass is 2060 g/mol. The number of aromatic nitrogens is 2. The fraction of sp³-hybridized carbons (Fsp3) is 0.505. The maximum Gasteiger partial charge on any atom is 0.326 e. The number of fused-ring (bicyclic) bond motifs is 2. The number of benzene rings is 4. The summed E-state index contributed by atoms with van der Waals surface area (Å²) in [5, 5.41) is 66.9. The van der Waals surface area contributed by atoms with Gasteiger partial charge in [0.25, 0.3) is 0 Å². The van der Waals surface area contributed by atoms with Crippen molar-refractivity contribution in [3.05, 3.63) is 144 Å². The van der Waals surface area contributed by atoms with Gasteiger partial charge in [-0.05, 0) is 128 Å². The number of H-pyrrole nitrogens is 2. The fourth-order valence-electron chi connectivity index (χ4n) is 16.2. The molecular weight excluding hydrogens is 1920 g/mol. The van der Waals surface area contributed by atoms with E-state index in [2.05, 4.69) is 110 Å². The number of carboxylic acid groups (broad SMARTS) is 3. The summed E-state index contributed by atoms with van der Waals surface area (Å²) in [4.78, 5) is 288. The smallest absolute Gasteiger partial charge is 0.326 e. The van der Waals surface area contributed by atoms with E-state index >= 15 is 28.8 Å². The highest BCUT2D eigenvalue weighted by Gasteiger charge is 2.44. The normalized spacial score (nSPS) is 15.7. The molecule has 144 heavy (non-hydrogen) atoms. The van der Waals surface area contributed by atoms with Crippen LogP contribution in [-0.4, -0.2) is 282 Å². The Labute approximate surface area is 847 Å². The number of nitrogens with one attached hydrogen (secondary N) is 16. The highest BCUT2D eigenvalue weighted by molar-refractivity contribution is 7.98. The van der Waals surface area contributed by atoms with Crippen molar-refractivity contribution in [2.75, 3.05) is 36.6 Å². The van der Waals surface area contributed by atoms with Gasteiger partial charge in [-0.2, -0.15) is 37.0 Å². The standard InChI is InChI=1S/C97H135N21O23S3/c1-8-53(6)81(95(138)113-72(97(140)141)40-51(2)3)117-90(133)71(46-77(101)120)112-92(135)73(49-142)114-85(128)65(36-39-144-7)105-88(131)69(43-56-47-102-61-28-17-15-26-58(56)61)111-83(126)63(32-34-76(100)119)106-93(136)75-31-21-38-118(75)96(139)66(30-19-20-37-98)107-86(129)67(41-54-22-11-9-12-23-54)110-87(130)68(42-55-24-13-10-14-25-55)109-84(127)64(33-35-78(121)122)104-91(134)74(50-143)115-94(137)80(52(4)5)116-89(132)70(108-82(125)60(99)45-79(123)124)44-57-48-103-62-29-18-16-27-59(57)62/h9-18,22-29,47-48,51-53,60,63-75,80-81,102-103,142-143H,8,19-21,30-46,49-50,98-99H2,1-7H3,(H2,100,119)(H2,101,120)(H,104,134)(H,105,131)(H,106,136)(H,107,129)(H,108,125)(H,109,127)(H,110,130)(H,111,126)(H,112,135)(H,113,138)(H,114,128)(H,115,137)(H,116,132)(H,117,133)(H,121,122)(H,123,124)(H,140,141)/t53-,60-,63-,64-,65-,66-,67-,68-,69-,70-,71-,72-,73-,74-,75-,80-,81-/m0/s1. The number of hydrogen-bond acceptors (Lipinski definition) is 25. The van der Waals surface area contributed by atoms with Crippen LogP contribution in [0.4, 0.5) is 0 Å². The van der Waals surface area contributed by atoms with E-state index in [1.54, 1.807) is 169 Å². The molecule has 44 nitrogen and oxygen atoms in total. The van der Waals surface area contributed by atoms with E-state index < -0.39 is 277 Å². The van der Waals surface area contributed by atoms with Gasteiger partial charge in [-0.15, -0.1) is 0 Å². The molecule has 17 amide bonds. The van der Waals surface area contributed by atoms with Crippen LogP contribution in [-0.2, 0) is 122 Å². The van der Waals surface area contributed by atoms with Gasteiger partial charge in [0, 0.05) is 90.8 Å². The van der Waals surface area contributed by atoms with Gasteiger partial charge >= 0.3 is 17.9 Å². The molecule has 0 saturated carbocycles. The Morgan fingerprint density at radius 1 is 0.431 bits per heavy atom. The van der Waals surface area contributed by atoms with Gasteiger partial charge in [-0.3, -0.25) is 91.1 Å². The molecule has 7 rings (SSSR count). The minimum atomic E-state index is -1.78. The number of carbonyl (C=O) groups excluding carboxylic acids is 17. The second-order valence-corrected chi connectivity index (χ2v) is 38.0. The minimum Gasteiger partial charge on any atom is -0.481 e. The number of nitrogens with zero attached hydrogens (tertiary/aromatic N) is 1. The van der Waals surface area contributed by atoms with Crippen LogP contribution in [0.3, 0.4) is 0 Å². The van der Waals surface area contributed by atoms with E-state index in [0.29, 0.717) is 56.9 Å². The van der Waals surface area contributed by atoms with Crippen molar-refractivity contribution in [3.8, 4) is 0 Å². The van der Waals surface area contributed by atoms with Crippen LogP contribution in [0.15, 0.2) is 122 Å². The number of hydrogen-bond donors (Lipinski definition) is 25. The zero-order valence-electron chi connectivity index (χ0n) is 81.3. The zero-order valence-corrected chi connectivity index (χ0v) is 84.0. The lowest BCUT2D eigenvalue weighted by atomic mass is 9.96. The summed E-state index contributed by atoms with van der Waals surface area (Å²) in [7, 11) is 0. The zero-order chi connectivity index (χ0) is 106. The number of primary amides is 2. The SMILES string of the molecule is CC[C@H](C)[C@H](NC(=O)[C@H](CC(N)=O)NC(=O)[C@H](CS)NC(=O)[C@H](CCSC)NC(=O)[C@H](Cc1c[nH]c2ccccc12)NC(=O)[C@H](CCC(N)=O)NC(=O)[C@@H]1CCCN1C(=O)[C@H](CCCCN)NC(=O)[C@H](Cc1ccccc1)NC(=O)[C@H](Cc1ccccc1)NC(=O)[C@H](CCC(=O)O)NC(=O)[C@H](CS)NC(=O)[C@@H](NC(=O)[C@H](Cc1c[nH]c2ccccc12)NC(=O)[C@@H](N)CC(=O)O)C(C)C)C(=O)N[C@@H](CC(C)C)C(=O)O. The van der Waals surface area contributed by atoms with Crippen LogP contribution in [0.2, 0.25) is 0 Å². The molecule has 1 aliphatic heterocycles. The maximum absolute atomic E-state index is 15.4. The molecule has 784 valence electrons. The average Bonchev–Trinajstić information content (AvgIpc) is 1.65. The van der Waals surface area contributed by atoms with Gasteiger partial charge in [0.2, 0.25) is 100 Å². The van der Waals surface area contributed by atoms with E-state index in [0.717, 1.165) is 0 Å². The Bertz CT molecular complexity index is 5460. The van der Waals surface area contributed by atoms with Crippen LogP contribution in [0.1, 0.15) is 154 Å². The van der Waals surface area contributed by atoms with E-state index in [-0.39, 0.29) is 89.0 Å². The number of amides is 17. The Kier molecular flexibility index (Phi) is 47.9. The van der Waals surface area contributed by atoms with Gasteiger partial charge < -0.3 is 128 Å². The largest absolute Gasteiger partial charge is 0.481 e. The number of carbonyl (C=O) groups is 20. The first kappa shape index (κ1) is 117. The van der Waals surface area contributed by atoms with E-state index in [1.165, 1.54) is 16.7 Å². The Morgan fingerprint density at radius 2 is 0.833 bits per heavy atom. The number of aromatic amines is 2. The third kappa shape index (κ3) is 36.9. The molecule has 17 atom stereocenters. The van der Waals surface area contributed by atoms with Crippen molar-refractivity contribution in [1.29, 1.82) is 0 Å². The summed E-state index contributed by atoms with van der Waals surface area (Å²) >= 11 is 9.92. The Hall–Kier alpha value is -13.7. The molecule has 0 radical (unpaired) electrons. The topological polar surface area (TPSA) is 709 Å². The van der Waals surface area contributed by atoms with E-state index in [1.807, 2.05) is 0 Å². The third-order valence-electron chi connectivity index (χ3n) is 24.3. The molecular formula is C97H135N21O23S3. The molecule has 1 aliphatic rings. The summed E-state index contributed by atoms with van der Waals surface area (Å²) in [6, 6.07) is 5.74. The summed E-state index contributed by atoms with van der Waals surface area (Å²) < 4.78 is 0. The number of thioether (sulfide) groups is 1. The molecule has 0 unspecified atom stereocenters. The lowest BCUT2D eigenvalue weighted by Crippen LogP contribution is -2.62. The first-order valence-electron chi connectivity index (χ1n) is 47.6. The molecule has 4 aromatic carbocycles. The molecule has 1 fully saturated rings. The quantitative estimate of drug-likeness (QED) is 0.0162. The van der Waals surface area contributed by atoms with Crippen molar-refractivity contribution >= 4 is 177 Å². The molecule has 0 bridgehead atoms. The third-order valence-corrected chi connectivity index (χ3v) is 25.7. The molecule has 27 N–H and O–H groups in total. The Balaban J connectivity index is 1.11. The average molecular weight is 2060 g/mol. The molecule has 3 heterocycles. The van der Waals surface area contributed by atoms with Crippen LogP contribution in [0.5, 0.6) is 0 Å². The van der Waals surface area contributed by atoms with Crippen LogP contribution >= 0.6 is 37.0 Å². The summed E-state index contributed by atoms with van der Waals surface area (Å²) in [5.41, 5.74) is 26.4. The molecule has 47 heteroatoms. The van der Waals surface area contributed by atoms with Gasteiger partial charge in [0.05, 0.1) is 18.9 Å². The fourth-order valence-corrected chi connectivity index (χ4v) is 17.2. The molecule has 1 saturated heterocycles. The van der Waals surface area contributed by atoms with E-state index in [9.17, 15) is 82.4 Å². The maximum atomic E-state index is 15.4. The molecule has 2 aromatic heterocycles. The number of aliphatic carboxylic acids is 3. The molecule has 6 aromatic rings. The highest BCUT2D eigenvalue weighted by Crippen LogP contribution is 2.26. The second kappa shape index (κ2) is 58.8. The van der Waals surface area contributed by atoms with Crippen molar-refractivity contribution < 1.29 is 111 Å². The van der Waals surface area contributed by atoms with Crippen molar-refractivity contribution in [1.82, 2.24) is 89.3 Å². The molecule has 0 spiro atoms. The van der Waals surface area contributed by atoms with Crippen LogP contribution in [0.25, 0.3) is 21.8 Å². The van der Waals surface area contributed by atoms with E-state index in [4.69, 9.17) is 22.9 Å². The highest BCUT2D eigenvalue weighted by atomic mass is 32.2. The second-order valence-electron chi connectivity index (χ2n) is 36.2. The minimum absolute atomic E-state index is 0.0177. The number of nitrogens with two attached hydrogens (primary N) is 4. The lowest BCUT2D eigenvalue weighted by Gasteiger charge is -2.31. The van der Waals surface area contributed by atoms with Gasteiger partial charge in [-0.25, -0.2) is 4.79 Å². The summed E-state index contributed by atoms with van der Waals surface area (Å²) in [5.74, 6) is -23.0. The van der Waals surface area contributed by atoms with Crippen LogP contribution in [0, 0.1) is 17.8 Å². The lowest BCUT2D eigenvalue weighted by molar-refractivity contribution is -0.143. The van der Waals surface area contributed by atoms with Gasteiger partial charge in [0.15, 0.2) is 0 Å². The van der Waals surface area contributed by atoms with Gasteiger partial charge in [0.1, 0.15) is 90.6 Å². The summed E-state index contributed by atoms with van der Waals surface area (Å²) in [6.07, 6.45) is 0.807. The number of carboxylic acids is 3. The number of likely N-dealkylation sites (tertiary alicyclic amines) is 1. The Morgan fingerprint density at radius 3 is 1.29 bits per heavy atom. The summed E-state index contributed by atoms with van der Waals surface area (Å²) in [6.45, 7) is 10.0. The number of thiol groups is 2. The predicted molar refractivity (Wildman–Crippen MR) is 540 cm³/mol. The first-order chi connectivity index (χ1) is 68.5. The van der Waals surface area contributed by atoms with Crippen molar-refractivity contribution in [2.24, 2.45) is 40.7 Å². The number of unbranched alkanes of at least 4 members (excludes halogenated alkanes) is 1. The predicted octanol–water partition coefficient (Wildman–Crippen LogP) is -0.920. The first-order valence-corrected chi connectivity index (χ1v) is 50.3. The van der Waals surface area contributed by atoms with Crippen molar-refractivity contribution in [3.63, 3.8) is 0 Å². The van der Waals surface area contributed by atoms with Crippen LogP contribution < -0.4 is 97.4 Å². The molecule has 0 aliphatic carbocycles. The number of para-hydroxylation sites is 2. The van der Waals surface area contributed by atoms with Gasteiger partial charge in [-0.1, -0.05) is 145 Å².